The normalized spacial score (nSPS) is 23.3. The van der Waals surface area contributed by atoms with Crippen LogP contribution in [0.15, 0.2) is 35.3 Å². The SMILES string of the molecule is O=C(CN1C(=O)NC2(CCCC2)C1=O)N1CCCSC1=Nc1ccccc1. The van der Waals surface area contributed by atoms with Crippen molar-refractivity contribution < 1.29 is 14.4 Å². The molecule has 3 aliphatic rings. The Kier molecular flexibility index (Phi) is 4.90. The van der Waals surface area contributed by atoms with Crippen LogP contribution in [0.25, 0.3) is 0 Å². The summed E-state index contributed by atoms with van der Waals surface area (Å²) in [6, 6.07) is 9.01. The number of hydrogen-bond donors (Lipinski definition) is 1. The second-order valence-electron chi connectivity index (χ2n) is 7.09. The molecule has 1 saturated carbocycles. The highest BCUT2D eigenvalue weighted by Gasteiger charge is 2.53. The topological polar surface area (TPSA) is 82.1 Å². The quantitative estimate of drug-likeness (QED) is 0.809. The average molecular weight is 386 g/mol. The molecule has 4 rings (SSSR count). The second kappa shape index (κ2) is 7.34. The van der Waals surface area contributed by atoms with E-state index in [1.807, 2.05) is 30.3 Å². The van der Waals surface area contributed by atoms with Gasteiger partial charge in [-0.2, -0.15) is 0 Å². The molecule has 1 aromatic rings. The number of imide groups is 1. The molecule has 142 valence electrons. The molecule has 0 radical (unpaired) electrons. The highest BCUT2D eigenvalue weighted by Crippen LogP contribution is 2.35. The summed E-state index contributed by atoms with van der Waals surface area (Å²) in [4.78, 5) is 45.3. The van der Waals surface area contributed by atoms with Gasteiger partial charge in [-0.3, -0.25) is 19.4 Å². The van der Waals surface area contributed by atoms with Crippen LogP contribution in [0.1, 0.15) is 32.1 Å². The van der Waals surface area contributed by atoms with Crippen molar-refractivity contribution in [1.29, 1.82) is 0 Å². The molecule has 4 amide bonds. The lowest BCUT2D eigenvalue weighted by Gasteiger charge is -2.29. The van der Waals surface area contributed by atoms with Crippen molar-refractivity contribution >= 4 is 40.5 Å². The molecule has 0 atom stereocenters. The Labute approximate surface area is 162 Å². The number of amidine groups is 1. The largest absolute Gasteiger partial charge is 0.325 e. The number of benzene rings is 1. The number of nitrogens with one attached hydrogen (secondary N) is 1. The third-order valence-electron chi connectivity index (χ3n) is 5.27. The van der Waals surface area contributed by atoms with Gasteiger partial charge in [-0.15, -0.1) is 0 Å². The average Bonchev–Trinajstić information content (AvgIpc) is 3.24. The van der Waals surface area contributed by atoms with Crippen LogP contribution in [0.4, 0.5) is 10.5 Å². The van der Waals surface area contributed by atoms with Crippen molar-refractivity contribution in [2.45, 2.75) is 37.6 Å². The molecule has 0 aromatic heterocycles. The number of thioether (sulfide) groups is 1. The zero-order chi connectivity index (χ0) is 18.9. The molecule has 8 heteroatoms. The second-order valence-corrected chi connectivity index (χ2v) is 8.15. The van der Waals surface area contributed by atoms with Gasteiger partial charge < -0.3 is 5.32 Å². The maximum Gasteiger partial charge on any atom is 0.325 e. The van der Waals surface area contributed by atoms with E-state index in [4.69, 9.17) is 0 Å². The van der Waals surface area contributed by atoms with Crippen LogP contribution >= 0.6 is 11.8 Å². The number of para-hydroxylation sites is 1. The van der Waals surface area contributed by atoms with Crippen molar-refractivity contribution in [3.8, 4) is 0 Å². The monoisotopic (exact) mass is 386 g/mol. The Hall–Kier alpha value is -2.35. The molecule has 1 aliphatic carbocycles. The van der Waals surface area contributed by atoms with E-state index in [1.54, 1.807) is 4.90 Å². The van der Waals surface area contributed by atoms with Crippen LogP contribution in [0.2, 0.25) is 0 Å². The number of amides is 4. The van der Waals surface area contributed by atoms with E-state index in [1.165, 1.54) is 11.8 Å². The number of urea groups is 1. The van der Waals surface area contributed by atoms with Gasteiger partial charge in [0.15, 0.2) is 5.17 Å². The summed E-state index contributed by atoms with van der Waals surface area (Å²) < 4.78 is 0. The Morgan fingerprint density at radius 2 is 1.89 bits per heavy atom. The zero-order valence-corrected chi connectivity index (χ0v) is 15.8. The van der Waals surface area contributed by atoms with Gasteiger partial charge in [0, 0.05) is 12.3 Å². The Bertz CT molecular complexity index is 789. The summed E-state index contributed by atoms with van der Waals surface area (Å²) in [5.41, 5.74) is -0.00536. The third kappa shape index (κ3) is 3.45. The molecule has 3 fully saturated rings. The van der Waals surface area contributed by atoms with Crippen molar-refractivity contribution in [2.24, 2.45) is 4.99 Å². The lowest BCUT2D eigenvalue weighted by atomic mass is 9.98. The number of nitrogens with zero attached hydrogens (tertiary/aromatic N) is 3. The van der Waals surface area contributed by atoms with Gasteiger partial charge in [0.2, 0.25) is 5.91 Å². The third-order valence-corrected chi connectivity index (χ3v) is 6.33. The fraction of sp³-hybridized carbons (Fsp3) is 0.474. The van der Waals surface area contributed by atoms with Gasteiger partial charge >= 0.3 is 6.03 Å². The predicted molar refractivity (Wildman–Crippen MR) is 104 cm³/mol. The van der Waals surface area contributed by atoms with E-state index in [2.05, 4.69) is 10.3 Å². The summed E-state index contributed by atoms with van der Waals surface area (Å²) in [5, 5.41) is 3.44. The number of hydrogen-bond acceptors (Lipinski definition) is 5. The molecule has 27 heavy (non-hydrogen) atoms. The van der Waals surface area contributed by atoms with Crippen molar-refractivity contribution in [3.05, 3.63) is 30.3 Å². The maximum absolute atomic E-state index is 12.9. The summed E-state index contributed by atoms with van der Waals surface area (Å²) in [6.45, 7) is 0.313. The Morgan fingerprint density at radius 1 is 1.15 bits per heavy atom. The molecule has 1 N–H and O–H groups in total. The van der Waals surface area contributed by atoms with Gasteiger partial charge in [0.1, 0.15) is 12.1 Å². The Balaban J connectivity index is 1.50. The first-order chi connectivity index (χ1) is 13.1. The molecule has 1 spiro atoms. The van der Waals surface area contributed by atoms with E-state index >= 15 is 0 Å². The van der Waals surface area contributed by atoms with Gasteiger partial charge in [-0.25, -0.2) is 9.79 Å². The highest BCUT2D eigenvalue weighted by atomic mass is 32.2. The number of carbonyl (C=O) groups is 3. The van der Waals surface area contributed by atoms with E-state index in [0.717, 1.165) is 35.6 Å². The number of carbonyl (C=O) groups excluding carboxylic acids is 3. The van der Waals surface area contributed by atoms with Crippen LogP contribution in [0.3, 0.4) is 0 Å². The van der Waals surface area contributed by atoms with Crippen molar-refractivity contribution in [1.82, 2.24) is 15.1 Å². The fourth-order valence-corrected chi connectivity index (χ4v) is 4.83. The number of aliphatic imine (C=N–C) groups is 1. The fourth-order valence-electron chi connectivity index (χ4n) is 3.85. The minimum absolute atomic E-state index is 0.235. The Morgan fingerprint density at radius 3 is 2.63 bits per heavy atom. The summed E-state index contributed by atoms with van der Waals surface area (Å²) in [6.07, 6.45) is 4.01. The van der Waals surface area contributed by atoms with Crippen LogP contribution in [0, 0.1) is 0 Å². The van der Waals surface area contributed by atoms with E-state index in [9.17, 15) is 14.4 Å². The zero-order valence-electron chi connectivity index (χ0n) is 15.0. The van der Waals surface area contributed by atoms with Crippen LogP contribution in [0.5, 0.6) is 0 Å². The van der Waals surface area contributed by atoms with E-state index in [0.29, 0.717) is 24.6 Å². The standard InChI is InChI=1S/C19H22N4O3S/c24-15(13-23-16(25)19(21-17(23)26)9-4-5-10-19)22-11-6-12-27-18(22)20-14-7-2-1-3-8-14/h1-3,7-8H,4-6,9-13H2,(H,21,26). The van der Waals surface area contributed by atoms with Crippen molar-refractivity contribution in [3.63, 3.8) is 0 Å². The van der Waals surface area contributed by atoms with E-state index in [-0.39, 0.29) is 18.4 Å². The lowest BCUT2D eigenvalue weighted by Crippen LogP contribution is -2.48. The molecule has 2 aliphatic heterocycles. The minimum atomic E-state index is -0.783. The molecular formula is C19H22N4O3S. The molecule has 7 nitrogen and oxygen atoms in total. The van der Waals surface area contributed by atoms with Gasteiger partial charge in [-0.1, -0.05) is 42.8 Å². The van der Waals surface area contributed by atoms with Crippen LogP contribution in [-0.4, -0.2) is 57.2 Å². The molecule has 0 unspecified atom stereocenters. The minimum Gasteiger partial charge on any atom is -0.323 e. The molecular weight excluding hydrogens is 364 g/mol. The first-order valence-corrected chi connectivity index (χ1v) is 10.3. The molecule has 1 aromatic carbocycles. The smallest absolute Gasteiger partial charge is 0.323 e. The predicted octanol–water partition coefficient (Wildman–Crippen LogP) is 2.50. The first kappa shape index (κ1) is 18.0. The van der Waals surface area contributed by atoms with Gasteiger partial charge in [0.05, 0.1) is 5.69 Å². The van der Waals surface area contributed by atoms with Crippen molar-refractivity contribution in [2.75, 3.05) is 18.8 Å². The van der Waals surface area contributed by atoms with Gasteiger partial charge in [-0.05, 0) is 31.4 Å². The first-order valence-electron chi connectivity index (χ1n) is 9.30. The molecule has 2 saturated heterocycles. The summed E-state index contributed by atoms with van der Waals surface area (Å²) in [5.74, 6) is 0.363. The highest BCUT2D eigenvalue weighted by molar-refractivity contribution is 8.13. The van der Waals surface area contributed by atoms with Crippen LogP contribution < -0.4 is 5.32 Å². The maximum atomic E-state index is 12.9. The molecule has 0 bridgehead atoms. The summed E-state index contributed by atoms with van der Waals surface area (Å²) in [7, 11) is 0. The number of rotatable bonds is 3. The lowest BCUT2D eigenvalue weighted by molar-refractivity contribution is -0.137. The molecule has 2 heterocycles. The van der Waals surface area contributed by atoms with Gasteiger partial charge in [0.25, 0.3) is 5.91 Å². The van der Waals surface area contributed by atoms with E-state index < -0.39 is 11.6 Å². The summed E-state index contributed by atoms with van der Waals surface area (Å²) >= 11 is 1.52. The van der Waals surface area contributed by atoms with Crippen LogP contribution in [-0.2, 0) is 9.59 Å².